The molecule has 5 rings (SSSR count). The minimum atomic E-state index is -0.970. The number of nitrogens with zero attached hydrogens (tertiary/aromatic N) is 1. The van der Waals surface area contributed by atoms with Crippen LogP contribution in [0.5, 0.6) is 0 Å². The Morgan fingerprint density at radius 3 is 2.23 bits per heavy atom. The van der Waals surface area contributed by atoms with Crippen LogP contribution in [0, 0.1) is 0 Å². The predicted octanol–water partition coefficient (Wildman–Crippen LogP) is 7.76. The van der Waals surface area contributed by atoms with Gasteiger partial charge in [0.05, 0.1) is 22.7 Å². The fourth-order valence-corrected chi connectivity index (χ4v) is 6.52. The van der Waals surface area contributed by atoms with Crippen LogP contribution in [0.4, 0.5) is 9.93 Å². The molecule has 1 saturated carbocycles. The number of carboxylic acids is 1. The molecule has 0 saturated heterocycles. The first-order valence-corrected chi connectivity index (χ1v) is 16.1. The molecule has 1 heterocycles. The van der Waals surface area contributed by atoms with Gasteiger partial charge in [-0.05, 0) is 70.7 Å². The molecule has 0 aliphatic heterocycles. The lowest BCUT2D eigenvalue weighted by Crippen LogP contribution is -2.33. The number of hydrogen-bond donors (Lipinski definition) is 4. The van der Waals surface area contributed by atoms with Crippen LogP contribution in [0.2, 0.25) is 0 Å². The Morgan fingerprint density at radius 1 is 0.932 bits per heavy atom. The van der Waals surface area contributed by atoms with Gasteiger partial charge < -0.3 is 15.7 Å². The second-order valence-electron chi connectivity index (χ2n) is 12.5. The van der Waals surface area contributed by atoms with E-state index in [0.717, 1.165) is 21.3 Å². The van der Waals surface area contributed by atoms with Gasteiger partial charge in [0.25, 0.3) is 5.91 Å². The average molecular weight is 613 g/mol. The van der Waals surface area contributed by atoms with Crippen LogP contribution in [0.25, 0.3) is 10.2 Å². The van der Waals surface area contributed by atoms with E-state index in [9.17, 15) is 14.4 Å². The zero-order chi connectivity index (χ0) is 31.3. The summed E-state index contributed by atoms with van der Waals surface area (Å²) in [5.74, 6) is -0.741. The Bertz CT molecular complexity index is 1620. The van der Waals surface area contributed by atoms with E-state index in [2.05, 4.69) is 78.1 Å². The summed E-state index contributed by atoms with van der Waals surface area (Å²) in [7, 11) is 0. The SMILES string of the molecule is CC(C)(C)c1ccc2sc(NC(=O)NC(c3ccc(C(=O)NCCC(=O)O)cc3)c3ccc(C4CCCCC4)cc3)nc2c1. The number of urea groups is 1. The average Bonchev–Trinajstić information content (AvgIpc) is 3.41. The number of carbonyl (C=O) groups excluding carboxylic acids is 2. The number of aliphatic carboxylic acids is 1. The Kier molecular flexibility index (Phi) is 9.64. The first-order valence-electron chi connectivity index (χ1n) is 15.3. The van der Waals surface area contributed by atoms with Crippen molar-refractivity contribution in [3.63, 3.8) is 0 Å². The van der Waals surface area contributed by atoms with E-state index < -0.39 is 12.0 Å². The van der Waals surface area contributed by atoms with Crippen LogP contribution < -0.4 is 16.0 Å². The van der Waals surface area contributed by atoms with E-state index >= 15 is 0 Å². The van der Waals surface area contributed by atoms with E-state index in [1.807, 2.05) is 18.2 Å². The van der Waals surface area contributed by atoms with Gasteiger partial charge in [-0.1, -0.05) is 93.8 Å². The van der Waals surface area contributed by atoms with Gasteiger partial charge in [0.15, 0.2) is 5.13 Å². The van der Waals surface area contributed by atoms with Gasteiger partial charge in [-0.25, -0.2) is 9.78 Å². The van der Waals surface area contributed by atoms with Crippen molar-refractivity contribution in [1.29, 1.82) is 0 Å². The molecule has 0 spiro atoms. The molecule has 1 aliphatic rings. The molecular weight excluding hydrogens is 572 g/mol. The van der Waals surface area contributed by atoms with Gasteiger partial charge in [0, 0.05) is 12.1 Å². The summed E-state index contributed by atoms with van der Waals surface area (Å²) in [5, 5.41) is 18.0. The highest BCUT2D eigenvalue weighted by molar-refractivity contribution is 7.22. The number of carboxylic acid groups (broad SMARTS) is 1. The summed E-state index contributed by atoms with van der Waals surface area (Å²) in [4.78, 5) is 41.3. The number of amides is 3. The zero-order valence-electron chi connectivity index (χ0n) is 25.5. The number of thiazole rings is 1. The molecular formula is C35H40N4O4S. The zero-order valence-corrected chi connectivity index (χ0v) is 26.3. The van der Waals surface area contributed by atoms with Crippen molar-refractivity contribution in [2.24, 2.45) is 0 Å². The number of nitrogens with one attached hydrogen (secondary N) is 3. The lowest BCUT2D eigenvalue weighted by atomic mass is 9.83. The van der Waals surface area contributed by atoms with E-state index in [1.165, 1.54) is 54.6 Å². The van der Waals surface area contributed by atoms with Crippen molar-refractivity contribution in [3.05, 3.63) is 94.5 Å². The molecule has 8 nitrogen and oxygen atoms in total. The number of hydrogen-bond acceptors (Lipinski definition) is 5. The van der Waals surface area contributed by atoms with Gasteiger partial charge in [0.2, 0.25) is 0 Å². The number of fused-ring (bicyclic) bond motifs is 1. The first-order chi connectivity index (χ1) is 21.1. The largest absolute Gasteiger partial charge is 0.481 e. The topological polar surface area (TPSA) is 120 Å². The third kappa shape index (κ3) is 7.82. The number of aromatic nitrogens is 1. The Balaban J connectivity index is 1.35. The molecule has 230 valence electrons. The smallest absolute Gasteiger partial charge is 0.321 e. The molecule has 3 amide bonds. The second kappa shape index (κ2) is 13.6. The van der Waals surface area contributed by atoms with E-state index in [4.69, 9.17) is 5.11 Å². The van der Waals surface area contributed by atoms with Gasteiger partial charge in [-0.3, -0.25) is 14.9 Å². The van der Waals surface area contributed by atoms with Gasteiger partial charge in [0.1, 0.15) is 0 Å². The fraction of sp³-hybridized carbons (Fsp3) is 0.371. The third-order valence-corrected chi connectivity index (χ3v) is 9.18. The standard InChI is InChI=1S/C35H40N4O4S/c1-35(2,3)27-17-18-29-28(21-27)37-34(44-29)39-33(43)38-31(24-11-9-23(10-12-24)22-7-5-4-6-8-22)25-13-15-26(16-14-25)32(42)36-20-19-30(40)41/h9-18,21-22,31H,4-8,19-20H2,1-3H3,(H,36,42)(H,40,41)(H2,37,38,39,43). The summed E-state index contributed by atoms with van der Waals surface area (Å²) in [6.45, 7) is 6.53. The lowest BCUT2D eigenvalue weighted by Gasteiger charge is -2.24. The van der Waals surface area contributed by atoms with Crippen molar-refractivity contribution < 1.29 is 19.5 Å². The lowest BCUT2D eigenvalue weighted by molar-refractivity contribution is -0.136. The summed E-state index contributed by atoms with van der Waals surface area (Å²) in [5.41, 5.74) is 5.52. The Hall–Kier alpha value is -4.24. The number of benzene rings is 3. The van der Waals surface area contributed by atoms with E-state index in [-0.39, 0.29) is 30.3 Å². The highest BCUT2D eigenvalue weighted by atomic mass is 32.1. The van der Waals surface area contributed by atoms with Crippen molar-refractivity contribution in [3.8, 4) is 0 Å². The summed E-state index contributed by atoms with van der Waals surface area (Å²) in [6, 6.07) is 20.9. The van der Waals surface area contributed by atoms with Crippen LogP contribution in [-0.2, 0) is 10.2 Å². The minimum Gasteiger partial charge on any atom is -0.481 e. The Morgan fingerprint density at radius 2 is 1.59 bits per heavy atom. The minimum absolute atomic E-state index is 0.00275. The van der Waals surface area contributed by atoms with Crippen molar-refractivity contribution in [2.75, 3.05) is 11.9 Å². The molecule has 0 radical (unpaired) electrons. The summed E-state index contributed by atoms with van der Waals surface area (Å²) >= 11 is 1.43. The molecule has 44 heavy (non-hydrogen) atoms. The monoisotopic (exact) mass is 612 g/mol. The number of anilines is 1. The van der Waals surface area contributed by atoms with Crippen LogP contribution in [0.3, 0.4) is 0 Å². The van der Waals surface area contributed by atoms with Crippen molar-refractivity contribution in [2.45, 2.75) is 76.7 Å². The molecule has 1 aliphatic carbocycles. The maximum absolute atomic E-state index is 13.4. The van der Waals surface area contributed by atoms with Crippen LogP contribution in [-0.4, -0.2) is 34.5 Å². The quantitative estimate of drug-likeness (QED) is 0.154. The van der Waals surface area contributed by atoms with E-state index in [0.29, 0.717) is 16.6 Å². The van der Waals surface area contributed by atoms with Crippen molar-refractivity contribution in [1.82, 2.24) is 15.6 Å². The fourth-order valence-electron chi connectivity index (χ4n) is 5.68. The maximum Gasteiger partial charge on any atom is 0.321 e. The third-order valence-electron chi connectivity index (χ3n) is 8.23. The summed E-state index contributed by atoms with van der Waals surface area (Å²) in [6.07, 6.45) is 6.09. The molecule has 3 aromatic carbocycles. The molecule has 4 aromatic rings. The highest BCUT2D eigenvalue weighted by Crippen LogP contribution is 2.34. The molecule has 1 atom stereocenters. The number of rotatable bonds is 9. The van der Waals surface area contributed by atoms with E-state index in [1.54, 1.807) is 12.1 Å². The molecule has 9 heteroatoms. The van der Waals surface area contributed by atoms with Crippen molar-refractivity contribution >= 4 is 44.6 Å². The predicted molar refractivity (Wildman–Crippen MR) is 176 cm³/mol. The Labute approximate surface area is 262 Å². The van der Waals surface area contributed by atoms with Crippen LogP contribution >= 0.6 is 11.3 Å². The second-order valence-corrected chi connectivity index (χ2v) is 13.5. The van der Waals surface area contributed by atoms with Crippen LogP contribution in [0.15, 0.2) is 66.7 Å². The molecule has 4 N–H and O–H groups in total. The van der Waals surface area contributed by atoms with Gasteiger partial charge >= 0.3 is 12.0 Å². The normalized spacial score (nSPS) is 14.6. The van der Waals surface area contributed by atoms with Gasteiger partial charge in [-0.2, -0.15) is 0 Å². The first kappa shape index (κ1) is 31.2. The summed E-state index contributed by atoms with van der Waals surface area (Å²) < 4.78 is 1.00. The molecule has 1 aromatic heterocycles. The van der Waals surface area contributed by atoms with Gasteiger partial charge in [-0.15, -0.1) is 0 Å². The van der Waals surface area contributed by atoms with Crippen LogP contribution in [0.1, 0.15) is 104 Å². The molecule has 1 unspecified atom stereocenters. The molecule has 1 fully saturated rings. The maximum atomic E-state index is 13.4. The number of carbonyl (C=O) groups is 3. The highest BCUT2D eigenvalue weighted by Gasteiger charge is 2.21. The molecule has 0 bridgehead atoms.